The van der Waals surface area contributed by atoms with Gasteiger partial charge in [0.2, 0.25) is 0 Å². The van der Waals surface area contributed by atoms with Crippen molar-refractivity contribution >= 4 is 23.5 Å². The maximum absolute atomic E-state index is 12.3. The highest BCUT2D eigenvalue weighted by atomic mass is 35.5. The van der Waals surface area contributed by atoms with Crippen LogP contribution in [-0.4, -0.2) is 11.2 Å². The number of hydrogen-bond donors (Lipinski definition) is 0. The van der Waals surface area contributed by atoms with Gasteiger partial charge in [0.05, 0.1) is 0 Å². The molecule has 2 heteroatoms. The van der Waals surface area contributed by atoms with Gasteiger partial charge < -0.3 is 0 Å². The van der Waals surface area contributed by atoms with E-state index in [2.05, 4.69) is 6.92 Å². The van der Waals surface area contributed by atoms with Crippen LogP contribution in [0.3, 0.4) is 0 Å². The highest BCUT2D eigenvalue weighted by Gasteiger charge is 2.14. The van der Waals surface area contributed by atoms with Gasteiger partial charge in [0.25, 0.3) is 0 Å². The summed E-state index contributed by atoms with van der Waals surface area (Å²) in [6, 6.07) is 17.5. The Labute approximate surface area is 131 Å². The van der Waals surface area contributed by atoms with Crippen molar-refractivity contribution < 1.29 is 4.79 Å². The highest BCUT2D eigenvalue weighted by Crippen LogP contribution is 2.14. The molecule has 1 atom stereocenters. The van der Waals surface area contributed by atoms with Crippen LogP contribution in [0.5, 0.6) is 0 Å². The number of halogens is 1. The minimum Gasteiger partial charge on any atom is -0.292 e. The van der Waals surface area contributed by atoms with Crippen molar-refractivity contribution in [2.24, 2.45) is 0 Å². The molecular weight excluding hydrogens is 280 g/mol. The summed E-state index contributed by atoms with van der Waals surface area (Å²) in [4.78, 5) is 12.3. The van der Waals surface area contributed by atoms with Gasteiger partial charge in [0, 0.05) is 5.56 Å². The van der Waals surface area contributed by atoms with Crippen LogP contribution in [0.15, 0.2) is 60.7 Å². The van der Waals surface area contributed by atoms with Gasteiger partial charge in [0.1, 0.15) is 5.38 Å². The third-order valence-electron chi connectivity index (χ3n) is 3.28. The van der Waals surface area contributed by atoms with Crippen molar-refractivity contribution in [2.75, 3.05) is 0 Å². The lowest BCUT2D eigenvalue weighted by molar-refractivity contribution is 0.0999. The largest absolute Gasteiger partial charge is 0.292 e. The van der Waals surface area contributed by atoms with Crippen LogP contribution in [0, 0.1) is 0 Å². The van der Waals surface area contributed by atoms with Gasteiger partial charge in [-0.2, -0.15) is 0 Å². The molecule has 0 bridgehead atoms. The fraction of sp³-hybridized carbons (Fsp3) is 0.211. The zero-order chi connectivity index (χ0) is 15.1. The third kappa shape index (κ3) is 4.57. The first-order chi connectivity index (χ1) is 10.2. The molecule has 0 saturated heterocycles. The Morgan fingerprint density at radius 1 is 1.10 bits per heavy atom. The van der Waals surface area contributed by atoms with Gasteiger partial charge >= 0.3 is 0 Å². The molecule has 0 radical (unpaired) electrons. The van der Waals surface area contributed by atoms with E-state index in [4.69, 9.17) is 11.6 Å². The first-order valence-electron chi connectivity index (χ1n) is 7.21. The van der Waals surface area contributed by atoms with Gasteiger partial charge in [-0.3, -0.25) is 4.79 Å². The molecule has 2 aromatic carbocycles. The van der Waals surface area contributed by atoms with E-state index in [0.29, 0.717) is 5.56 Å². The first-order valence-corrected chi connectivity index (χ1v) is 7.65. The summed E-state index contributed by atoms with van der Waals surface area (Å²) in [6.07, 6.45) is 5.75. The van der Waals surface area contributed by atoms with E-state index >= 15 is 0 Å². The molecule has 1 nitrogen and oxygen atoms in total. The van der Waals surface area contributed by atoms with Crippen molar-refractivity contribution in [2.45, 2.75) is 25.1 Å². The molecular formula is C19H19ClO. The molecule has 0 spiro atoms. The molecule has 0 saturated carbocycles. The second-order valence-corrected chi connectivity index (χ2v) is 5.45. The smallest absolute Gasteiger partial charge is 0.184 e. The van der Waals surface area contributed by atoms with Gasteiger partial charge in [-0.15, -0.1) is 11.6 Å². The van der Waals surface area contributed by atoms with Crippen molar-refractivity contribution in [1.82, 2.24) is 0 Å². The third-order valence-corrected chi connectivity index (χ3v) is 3.63. The predicted molar refractivity (Wildman–Crippen MR) is 89.9 cm³/mol. The zero-order valence-corrected chi connectivity index (χ0v) is 12.9. The Morgan fingerprint density at radius 3 is 2.38 bits per heavy atom. The molecule has 0 fully saturated rings. The van der Waals surface area contributed by atoms with Crippen LogP contribution in [0.4, 0.5) is 0 Å². The fourth-order valence-corrected chi connectivity index (χ4v) is 2.33. The molecule has 0 aliphatic carbocycles. The van der Waals surface area contributed by atoms with Crippen LogP contribution >= 0.6 is 11.6 Å². The Bertz CT molecular complexity index is 599. The molecule has 21 heavy (non-hydrogen) atoms. The van der Waals surface area contributed by atoms with Crippen LogP contribution in [0.1, 0.15) is 34.8 Å². The van der Waals surface area contributed by atoms with Gasteiger partial charge in [-0.05, 0) is 17.5 Å². The summed E-state index contributed by atoms with van der Waals surface area (Å²) in [5, 5.41) is -0.637. The molecule has 0 heterocycles. The number of aryl methyl sites for hydroxylation is 1. The van der Waals surface area contributed by atoms with E-state index in [9.17, 15) is 4.79 Å². The van der Waals surface area contributed by atoms with E-state index in [1.807, 2.05) is 60.7 Å². The van der Waals surface area contributed by atoms with E-state index in [1.165, 1.54) is 5.56 Å². The Morgan fingerprint density at radius 2 is 1.76 bits per heavy atom. The first kappa shape index (κ1) is 15.5. The minimum absolute atomic E-state index is 0.0631. The SMILES string of the molecule is CCCc1ccc(C(=O)C(Cl)C=Cc2ccccc2)cc1. The van der Waals surface area contributed by atoms with Crippen molar-refractivity contribution in [3.63, 3.8) is 0 Å². The van der Waals surface area contributed by atoms with Crippen molar-refractivity contribution in [1.29, 1.82) is 0 Å². The molecule has 2 rings (SSSR count). The van der Waals surface area contributed by atoms with Crippen LogP contribution < -0.4 is 0 Å². The minimum atomic E-state index is -0.637. The molecule has 108 valence electrons. The predicted octanol–water partition coefficient (Wildman–Crippen LogP) is 5.14. The molecule has 2 aromatic rings. The monoisotopic (exact) mass is 298 g/mol. The normalized spacial score (nSPS) is 12.5. The number of benzene rings is 2. The number of hydrogen-bond acceptors (Lipinski definition) is 1. The van der Waals surface area contributed by atoms with E-state index in [-0.39, 0.29) is 5.78 Å². The average Bonchev–Trinajstić information content (AvgIpc) is 2.54. The van der Waals surface area contributed by atoms with Crippen molar-refractivity contribution in [3.05, 3.63) is 77.4 Å². The number of ketones is 1. The summed E-state index contributed by atoms with van der Waals surface area (Å²) >= 11 is 6.18. The molecule has 1 unspecified atom stereocenters. The van der Waals surface area contributed by atoms with Gasteiger partial charge in [-0.25, -0.2) is 0 Å². The Balaban J connectivity index is 2.03. The summed E-state index contributed by atoms with van der Waals surface area (Å²) in [7, 11) is 0. The lowest BCUT2D eigenvalue weighted by Crippen LogP contribution is -2.11. The number of alkyl halides is 1. The average molecular weight is 299 g/mol. The summed E-state index contributed by atoms with van der Waals surface area (Å²) in [5.74, 6) is -0.0631. The maximum atomic E-state index is 12.3. The molecule has 0 aromatic heterocycles. The number of rotatable bonds is 6. The molecule has 0 N–H and O–H groups in total. The summed E-state index contributed by atoms with van der Waals surface area (Å²) in [6.45, 7) is 2.14. The fourth-order valence-electron chi connectivity index (χ4n) is 2.13. The van der Waals surface area contributed by atoms with E-state index in [1.54, 1.807) is 6.08 Å². The topological polar surface area (TPSA) is 17.1 Å². The Hall–Kier alpha value is -1.86. The second kappa shape index (κ2) is 7.80. The molecule has 0 aliphatic heterocycles. The van der Waals surface area contributed by atoms with Crippen molar-refractivity contribution in [3.8, 4) is 0 Å². The summed E-state index contributed by atoms with van der Waals surface area (Å²) in [5.41, 5.74) is 2.95. The molecule has 0 aliphatic rings. The van der Waals surface area contributed by atoms with Crippen LogP contribution in [0.2, 0.25) is 0 Å². The van der Waals surface area contributed by atoms with Gasteiger partial charge in [-0.1, -0.05) is 80.1 Å². The lowest BCUT2D eigenvalue weighted by atomic mass is 10.0. The number of allylic oxidation sites excluding steroid dienone is 1. The zero-order valence-electron chi connectivity index (χ0n) is 12.1. The number of Topliss-reactive ketones (excluding diaryl/α,β-unsaturated/α-hetero) is 1. The number of carbonyl (C=O) groups is 1. The number of carbonyl (C=O) groups excluding carboxylic acids is 1. The van der Waals surface area contributed by atoms with Gasteiger partial charge in [0.15, 0.2) is 5.78 Å². The maximum Gasteiger partial charge on any atom is 0.184 e. The standard InChI is InChI=1S/C19H19ClO/c1-2-6-15-9-12-17(13-10-15)19(21)18(20)14-11-16-7-4-3-5-8-16/h3-5,7-14,18H,2,6H2,1H3. The quantitative estimate of drug-likeness (QED) is 0.533. The second-order valence-electron chi connectivity index (χ2n) is 4.98. The highest BCUT2D eigenvalue weighted by molar-refractivity contribution is 6.35. The lowest BCUT2D eigenvalue weighted by Gasteiger charge is -2.05. The van der Waals surface area contributed by atoms with Crippen LogP contribution in [-0.2, 0) is 6.42 Å². The Kier molecular flexibility index (Phi) is 5.77. The van der Waals surface area contributed by atoms with Crippen LogP contribution in [0.25, 0.3) is 6.08 Å². The van der Waals surface area contributed by atoms with E-state index < -0.39 is 5.38 Å². The summed E-state index contributed by atoms with van der Waals surface area (Å²) < 4.78 is 0. The van der Waals surface area contributed by atoms with E-state index in [0.717, 1.165) is 18.4 Å². The molecule has 0 amide bonds.